The molecule has 0 radical (unpaired) electrons. The highest BCUT2D eigenvalue weighted by Gasteiger charge is 2.17. The van der Waals surface area contributed by atoms with Crippen molar-refractivity contribution in [2.45, 2.75) is 0 Å². The number of rotatable bonds is 6. The molecule has 0 atom stereocenters. The van der Waals surface area contributed by atoms with E-state index in [1.807, 2.05) is 6.07 Å². The van der Waals surface area contributed by atoms with Gasteiger partial charge in [-0.1, -0.05) is 0 Å². The smallest absolute Gasteiger partial charge is 0.337 e. The summed E-state index contributed by atoms with van der Waals surface area (Å²) in [5, 5.41) is 6.14. The van der Waals surface area contributed by atoms with Crippen LogP contribution in [0, 0.1) is 0 Å². The number of aromatic nitrogens is 2. The van der Waals surface area contributed by atoms with Crippen LogP contribution >= 0.6 is 0 Å². The van der Waals surface area contributed by atoms with Crippen LogP contribution in [0.2, 0.25) is 0 Å². The third kappa shape index (κ3) is 4.71. The monoisotopic (exact) mass is 451 g/mol. The summed E-state index contributed by atoms with van der Waals surface area (Å²) in [6.07, 6.45) is 1.32. The van der Waals surface area contributed by atoms with E-state index in [9.17, 15) is 9.59 Å². The Morgan fingerprint density at radius 3 is 2.03 bits per heavy atom. The van der Waals surface area contributed by atoms with Crippen LogP contribution in [-0.4, -0.2) is 49.3 Å². The highest BCUT2D eigenvalue weighted by molar-refractivity contribution is 5.97. The van der Waals surface area contributed by atoms with Gasteiger partial charge in [-0.25, -0.2) is 19.6 Å². The van der Waals surface area contributed by atoms with Crippen molar-refractivity contribution in [2.75, 3.05) is 43.8 Å². The molecule has 0 bridgehead atoms. The van der Waals surface area contributed by atoms with E-state index in [1.54, 1.807) is 12.1 Å². The Bertz CT molecular complexity index is 1180. The summed E-state index contributed by atoms with van der Waals surface area (Å²) >= 11 is 0. The maximum absolute atomic E-state index is 12.0. The quantitative estimate of drug-likeness (QED) is 0.475. The maximum Gasteiger partial charge on any atom is 0.337 e. The molecule has 0 fully saturated rings. The maximum atomic E-state index is 12.0. The molecule has 33 heavy (non-hydrogen) atoms. The number of hydrogen-bond acceptors (Lipinski definition) is 11. The zero-order valence-corrected chi connectivity index (χ0v) is 17.9. The second-order valence-electron chi connectivity index (χ2n) is 6.88. The molecule has 0 saturated heterocycles. The molecule has 2 heterocycles. The van der Waals surface area contributed by atoms with E-state index in [0.717, 1.165) is 0 Å². The van der Waals surface area contributed by atoms with Gasteiger partial charge in [0, 0.05) is 17.4 Å². The van der Waals surface area contributed by atoms with Gasteiger partial charge in [0.25, 0.3) is 0 Å². The molecule has 11 nitrogen and oxygen atoms in total. The summed E-state index contributed by atoms with van der Waals surface area (Å²) in [5.74, 6) is 0.675. The van der Waals surface area contributed by atoms with E-state index in [1.165, 1.54) is 38.7 Å². The Kier molecular flexibility index (Phi) is 6.11. The predicted octanol–water partition coefficient (Wildman–Crippen LogP) is 2.89. The molecule has 0 amide bonds. The summed E-state index contributed by atoms with van der Waals surface area (Å²) in [4.78, 5) is 32.4. The highest BCUT2D eigenvalue weighted by atomic mass is 16.6. The minimum atomic E-state index is -0.611. The van der Waals surface area contributed by atoms with E-state index in [2.05, 4.69) is 20.6 Å². The number of nitrogens with two attached hydrogens (primary N) is 1. The molecule has 1 aliphatic rings. The number of fused-ring (bicyclic) bond motifs is 1. The Labute approximate surface area is 188 Å². The summed E-state index contributed by atoms with van der Waals surface area (Å²) in [7, 11) is 2.50. The van der Waals surface area contributed by atoms with E-state index in [-0.39, 0.29) is 22.6 Å². The fourth-order valence-electron chi connectivity index (χ4n) is 3.16. The lowest BCUT2D eigenvalue weighted by Gasteiger charge is -2.19. The minimum absolute atomic E-state index is 0.158. The molecular formula is C22H21N5O6. The third-order valence-corrected chi connectivity index (χ3v) is 4.73. The van der Waals surface area contributed by atoms with Crippen molar-refractivity contribution in [3.63, 3.8) is 0 Å². The molecule has 0 spiro atoms. The lowest BCUT2D eigenvalue weighted by atomic mass is 10.1. The van der Waals surface area contributed by atoms with Crippen LogP contribution in [0.15, 0.2) is 42.7 Å². The average Bonchev–Trinajstić information content (AvgIpc) is 2.85. The van der Waals surface area contributed by atoms with Gasteiger partial charge in [0.1, 0.15) is 25.2 Å². The number of esters is 2. The second-order valence-corrected chi connectivity index (χ2v) is 6.88. The van der Waals surface area contributed by atoms with Crippen LogP contribution in [0.25, 0.3) is 0 Å². The minimum Gasteiger partial charge on any atom is -0.486 e. The topological polar surface area (TPSA) is 147 Å². The molecule has 0 unspecified atom stereocenters. The Hall–Kier alpha value is -4.54. The number of hydrogen-bond donors (Lipinski definition) is 3. The molecule has 3 aromatic rings. The van der Waals surface area contributed by atoms with Crippen LogP contribution in [-0.2, 0) is 9.47 Å². The summed E-state index contributed by atoms with van der Waals surface area (Å²) < 4.78 is 20.6. The van der Waals surface area contributed by atoms with Gasteiger partial charge in [-0.3, -0.25) is 0 Å². The summed E-state index contributed by atoms with van der Waals surface area (Å²) in [6, 6.07) is 9.78. The number of carbonyl (C=O) groups excluding carboxylic acids is 2. The molecular weight excluding hydrogens is 430 g/mol. The fraction of sp³-hybridized carbons (Fsp3) is 0.182. The molecule has 1 aromatic heterocycles. The van der Waals surface area contributed by atoms with E-state index in [4.69, 9.17) is 24.7 Å². The largest absolute Gasteiger partial charge is 0.486 e. The van der Waals surface area contributed by atoms with Gasteiger partial charge < -0.3 is 35.3 Å². The van der Waals surface area contributed by atoms with Gasteiger partial charge in [-0.2, -0.15) is 0 Å². The number of nitrogens with one attached hydrogen (secondary N) is 2. The van der Waals surface area contributed by atoms with E-state index >= 15 is 0 Å². The molecule has 0 aliphatic carbocycles. The molecule has 11 heteroatoms. The average molecular weight is 451 g/mol. The Morgan fingerprint density at radius 1 is 0.848 bits per heavy atom. The van der Waals surface area contributed by atoms with Crippen LogP contribution in [0.1, 0.15) is 20.7 Å². The summed E-state index contributed by atoms with van der Waals surface area (Å²) in [5.41, 5.74) is 7.88. The molecule has 4 N–H and O–H groups in total. The first-order valence-electron chi connectivity index (χ1n) is 9.84. The van der Waals surface area contributed by atoms with Crippen molar-refractivity contribution >= 4 is 40.6 Å². The number of nitrogen functional groups attached to an aromatic ring is 1. The first kappa shape index (κ1) is 21.7. The molecule has 1 aliphatic heterocycles. The first-order chi connectivity index (χ1) is 16.0. The van der Waals surface area contributed by atoms with Crippen LogP contribution in [0.4, 0.5) is 28.7 Å². The van der Waals surface area contributed by atoms with Crippen LogP contribution < -0.4 is 25.8 Å². The van der Waals surface area contributed by atoms with Crippen molar-refractivity contribution < 1.29 is 28.5 Å². The first-order valence-corrected chi connectivity index (χ1v) is 9.84. The lowest BCUT2D eigenvalue weighted by molar-refractivity contribution is 0.0599. The number of benzene rings is 2. The van der Waals surface area contributed by atoms with Gasteiger partial charge in [0.15, 0.2) is 23.1 Å². The van der Waals surface area contributed by atoms with Crippen molar-refractivity contribution in [3.8, 4) is 11.5 Å². The van der Waals surface area contributed by atoms with Gasteiger partial charge in [0.2, 0.25) is 0 Å². The van der Waals surface area contributed by atoms with E-state index < -0.39 is 11.9 Å². The number of carbonyl (C=O) groups is 2. The Balaban J connectivity index is 1.61. The number of ether oxygens (including phenoxy) is 4. The fourth-order valence-corrected chi connectivity index (χ4v) is 3.16. The van der Waals surface area contributed by atoms with Crippen LogP contribution in [0.3, 0.4) is 0 Å². The molecule has 2 aromatic carbocycles. The molecule has 170 valence electrons. The van der Waals surface area contributed by atoms with Gasteiger partial charge in [-0.15, -0.1) is 0 Å². The van der Waals surface area contributed by atoms with Crippen molar-refractivity contribution in [1.29, 1.82) is 0 Å². The SMILES string of the molecule is COC(=O)c1cc(Nc2ncnc(Nc3ccc4c(c3)OCCO4)c2N)cc(C(=O)OC)c1. The zero-order valence-electron chi connectivity index (χ0n) is 17.9. The van der Waals surface area contributed by atoms with Crippen molar-refractivity contribution in [3.05, 3.63) is 53.9 Å². The zero-order chi connectivity index (χ0) is 23.4. The molecule has 4 rings (SSSR count). The standard InChI is InChI=1S/C22H21N5O6/c1-30-21(28)12-7-13(22(29)31-2)9-15(8-12)27-20-18(23)19(24-11-25-20)26-14-3-4-16-17(10-14)33-6-5-32-16/h3-4,7-11H,5-6,23H2,1-2H3,(H2,24,25,26,27). The lowest BCUT2D eigenvalue weighted by Crippen LogP contribution is -2.15. The second kappa shape index (κ2) is 9.30. The normalized spacial score (nSPS) is 11.9. The van der Waals surface area contributed by atoms with E-state index in [0.29, 0.717) is 41.9 Å². The van der Waals surface area contributed by atoms with Gasteiger partial charge in [-0.05, 0) is 30.3 Å². The predicted molar refractivity (Wildman–Crippen MR) is 120 cm³/mol. The number of anilines is 5. The van der Waals surface area contributed by atoms with Crippen LogP contribution in [0.5, 0.6) is 11.5 Å². The molecule has 0 saturated carbocycles. The van der Waals surface area contributed by atoms with Gasteiger partial charge >= 0.3 is 11.9 Å². The Morgan fingerprint density at radius 2 is 1.42 bits per heavy atom. The van der Waals surface area contributed by atoms with Gasteiger partial charge in [0.05, 0.1) is 25.3 Å². The third-order valence-electron chi connectivity index (χ3n) is 4.73. The number of methoxy groups -OCH3 is 2. The van der Waals surface area contributed by atoms with Crippen molar-refractivity contribution in [2.24, 2.45) is 0 Å². The van der Waals surface area contributed by atoms with Crippen molar-refractivity contribution in [1.82, 2.24) is 9.97 Å². The summed E-state index contributed by atoms with van der Waals surface area (Å²) in [6.45, 7) is 0.973. The highest BCUT2D eigenvalue weighted by Crippen LogP contribution is 2.35. The number of nitrogens with zero attached hydrogens (tertiary/aromatic N) is 2.